The number of hydrogen-bond acceptors (Lipinski definition) is 5. The molecule has 4 unspecified atom stereocenters. The Bertz CT molecular complexity index is 668. The highest BCUT2D eigenvalue weighted by Gasteiger charge is 2.35. The Hall–Kier alpha value is -1.45. The fourth-order valence-corrected chi connectivity index (χ4v) is 2.37. The summed E-state index contributed by atoms with van der Waals surface area (Å²) in [5.74, 6) is -0.212. The monoisotopic (exact) mass is 375 g/mol. The molecule has 122 valence electrons. The summed E-state index contributed by atoms with van der Waals surface area (Å²) in [4.78, 5) is 36.5. The highest BCUT2D eigenvalue weighted by atomic mass is 79.9. The van der Waals surface area contributed by atoms with Gasteiger partial charge in [-0.2, -0.15) is 0 Å². The van der Waals surface area contributed by atoms with E-state index in [4.69, 9.17) is 4.74 Å². The molecule has 0 bridgehead atoms. The third-order valence-corrected chi connectivity index (χ3v) is 3.91. The number of aromatic nitrogens is 2. The number of aryl methyl sites for hydroxylation is 1. The van der Waals surface area contributed by atoms with E-state index in [1.54, 1.807) is 13.8 Å². The third kappa shape index (κ3) is 3.65. The quantitative estimate of drug-likeness (QED) is 0.607. The lowest BCUT2D eigenvalue weighted by Gasteiger charge is -2.17. The molecule has 8 nitrogen and oxygen atoms in total. The van der Waals surface area contributed by atoms with Gasteiger partial charge in [0.2, 0.25) is 5.91 Å². The Morgan fingerprint density at radius 3 is 2.95 bits per heavy atom. The van der Waals surface area contributed by atoms with Crippen LogP contribution in [0.2, 0.25) is 0 Å². The van der Waals surface area contributed by atoms with Crippen molar-refractivity contribution in [1.82, 2.24) is 14.9 Å². The van der Waals surface area contributed by atoms with Gasteiger partial charge in [0, 0.05) is 24.7 Å². The van der Waals surface area contributed by atoms with Gasteiger partial charge in [-0.15, -0.1) is 0 Å². The summed E-state index contributed by atoms with van der Waals surface area (Å²) in [6.45, 7) is 3.41. The number of carbonyl (C=O) groups is 1. The second-order valence-electron chi connectivity index (χ2n) is 5.27. The Kier molecular flexibility index (Phi) is 5.20. The van der Waals surface area contributed by atoms with E-state index in [2.05, 4.69) is 26.2 Å². The number of aliphatic hydroxyl groups is 1. The van der Waals surface area contributed by atoms with Crippen LogP contribution in [0.3, 0.4) is 0 Å². The summed E-state index contributed by atoms with van der Waals surface area (Å²) in [7, 11) is 0. The zero-order valence-corrected chi connectivity index (χ0v) is 13.8. The SMILES string of the molecule is Cc1cn(C2CC(O)C(CNC(=O)C(C)Br)O2)c(=O)[nH]c1=O. The Labute approximate surface area is 134 Å². The normalized spacial score (nSPS) is 25.9. The predicted octanol–water partition coefficient (Wildman–Crippen LogP) is -0.607. The molecule has 1 aliphatic rings. The van der Waals surface area contributed by atoms with E-state index in [-0.39, 0.29) is 23.7 Å². The minimum absolute atomic E-state index is 0.142. The molecule has 0 spiro atoms. The van der Waals surface area contributed by atoms with Gasteiger partial charge < -0.3 is 15.2 Å². The first-order valence-electron chi connectivity index (χ1n) is 6.87. The van der Waals surface area contributed by atoms with Crippen LogP contribution < -0.4 is 16.6 Å². The van der Waals surface area contributed by atoms with E-state index in [1.165, 1.54) is 10.8 Å². The fraction of sp³-hybridized carbons (Fsp3) is 0.615. The number of carbonyl (C=O) groups excluding carboxylic acids is 1. The van der Waals surface area contributed by atoms with Gasteiger partial charge in [-0.1, -0.05) is 15.9 Å². The van der Waals surface area contributed by atoms with Gasteiger partial charge >= 0.3 is 5.69 Å². The maximum Gasteiger partial charge on any atom is 0.330 e. The molecule has 1 amide bonds. The average Bonchev–Trinajstić information content (AvgIpc) is 2.81. The van der Waals surface area contributed by atoms with E-state index in [1.807, 2.05) is 0 Å². The van der Waals surface area contributed by atoms with Gasteiger partial charge in [0.15, 0.2) is 0 Å². The Morgan fingerprint density at radius 2 is 2.32 bits per heavy atom. The first-order valence-corrected chi connectivity index (χ1v) is 7.78. The lowest BCUT2D eigenvalue weighted by Crippen LogP contribution is -2.39. The summed E-state index contributed by atoms with van der Waals surface area (Å²) >= 11 is 3.14. The summed E-state index contributed by atoms with van der Waals surface area (Å²) in [6, 6.07) is 0. The van der Waals surface area contributed by atoms with E-state index >= 15 is 0 Å². The molecule has 22 heavy (non-hydrogen) atoms. The third-order valence-electron chi connectivity index (χ3n) is 3.50. The highest BCUT2D eigenvalue weighted by molar-refractivity contribution is 9.10. The number of ether oxygens (including phenoxy) is 1. The molecule has 1 saturated heterocycles. The van der Waals surface area contributed by atoms with Gasteiger partial charge in [0.05, 0.1) is 10.9 Å². The first kappa shape index (κ1) is 16.9. The number of hydrogen-bond donors (Lipinski definition) is 3. The molecule has 1 aromatic heterocycles. The van der Waals surface area contributed by atoms with Crippen molar-refractivity contribution in [2.45, 2.75) is 43.5 Å². The molecule has 3 N–H and O–H groups in total. The van der Waals surface area contributed by atoms with Gasteiger partial charge in [-0.25, -0.2) is 4.79 Å². The zero-order chi connectivity index (χ0) is 16.4. The summed E-state index contributed by atoms with van der Waals surface area (Å²) in [6.07, 6.45) is -0.494. The van der Waals surface area contributed by atoms with Crippen LogP contribution in [-0.4, -0.2) is 44.1 Å². The van der Waals surface area contributed by atoms with Crippen molar-refractivity contribution in [3.63, 3.8) is 0 Å². The van der Waals surface area contributed by atoms with Gasteiger partial charge in [-0.3, -0.25) is 19.1 Å². The number of H-pyrrole nitrogens is 1. The van der Waals surface area contributed by atoms with Crippen LogP contribution in [0.25, 0.3) is 0 Å². The molecule has 2 heterocycles. The van der Waals surface area contributed by atoms with E-state index in [0.29, 0.717) is 5.56 Å². The molecule has 0 aromatic carbocycles. The zero-order valence-electron chi connectivity index (χ0n) is 12.2. The maximum absolute atomic E-state index is 11.8. The topological polar surface area (TPSA) is 113 Å². The molecule has 1 aliphatic heterocycles. The van der Waals surface area contributed by atoms with E-state index in [0.717, 1.165) is 0 Å². The molecule has 9 heteroatoms. The summed E-state index contributed by atoms with van der Waals surface area (Å²) < 4.78 is 6.87. The largest absolute Gasteiger partial charge is 0.390 e. The number of alkyl halides is 1. The van der Waals surface area contributed by atoms with Gasteiger partial charge in [0.25, 0.3) is 5.56 Å². The molecule has 0 saturated carbocycles. The molecule has 2 rings (SSSR count). The molecule has 1 aromatic rings. The minimum Gasteiger partial charge on any atom is -0.390 e. The van der Waals surface area contributed by atoms with Crippen molar-refractivity contribution >= 4 is 21.8 Å². The van der Waals surface area contributed by atoms with Crippen molar-refractivity contribution in [3.05, 3.63) is 32.6 Å². The number of halogens is 1. The van der Waals surface area contributed by atoms with Crippen LogP contribution in [0.4, 0.5) is 0 Å². The standard InChI is InChI=1S/C13H18BrN3O5/c1-6-5-17(13(21)16-11(6)19)10-3-8(18)9(22-10)4-15-12(20)7(2)14/h5,7-10,18H,3-4H2,1-2H3,(H,15,20)(H,16,19,21). The number of nitrogens with zero attached hydrogens (tertiary/aromatic N) is 1. The molecule has 4 atom stereocenters. The van der Waals surface area contributed by atoms with Crippen molar-refractivity contribution in [3.8, 4) is 0 Å². The second-order valence-corrected chi connectivity index (χ2v) is 6.65. The lowest BCUT2D eigenvalue weighted by atomic mass is 10.2. The Balaban J connectivity index is 2.08. The number of nitrogens with one attached hydrogen (secondary N) is 2. The van der Waals surface area contributed by atoms with E-state index in [9.17, 15) is 19.5 Å². The van der Waals surface area contributed by atoms with Crippen LogP contribution in [0, 0.1) is 6.92 Å². The summed E-state index contributed by atoms with van der Waals surface area (Å²) in [5, 5.41) is 12.7. The van der Waals surface area contributed by atoms with Crippen molar-refractivity contribution in [2.24, 2.45) is 0 Å². The average molecular weight is 376 g/mol. The van der Waals surface area contributed by atoms with Crippen molar-refractivity contribution < 1.29 is 14.6 Å². The van der Waals surface area contributed by atoms with Crippen LogP contribution in [-0.2, 0) is 9.53 Å². The predicted molar refractivity (Wildman–Crippen MR) is 82.0 cm³/mol. The molecular formula is C13H18BrN3O5. The van der Waals surface area contributed by atoms with Crippen LogP contribution >= 0.6 is 15.9 Å². The minimum atomic E-state index is -0.810. The van der Waals surface area contributed by atoms with E-state index < -0.39 is 29.7 Å². The molecule has 1 fully saturated rings. The number of rotatable bonds is 4. The van der Waals surface area contributed by atoms with Crippen LogP contribution in [0.15, 0.2) is 15.8 Å². The number of aliphatic hydroxyl groups excluding tert-OH is 1. The molecular weight excluding hydrogens is 358 g/mol. The van der Waals surface area contributed by atoms with Crippen LogP contribution in [0.1, 0.15) is 25.1 Å². The fourth-order valence-electron chi connectivity index (χ4n) is 2.21. The number of amides is 1. The van der Waals surface area contributed by atoms with Gasteiger partial charge in [-0.05, 0) is 13.8 Å². The van der Waals surface area contributed by atoms with Gasteiger partial charge in [0.1, 0.15) is 12.3 Å². The molecule has 0 radical (unpaired) electrons. The summed E-state index contributed by atoms with van der Waals surface area (Å²) in [5.41, 5.74) is -0.663. The van der Waals surface area contributed by atoms with Crippen molar-refractivity contribution in [2.75, 3.05) is 6.54 Å². The maximum atomic E-state index is 11.8. The first-order chi connectivity index (χ1) is 10.3. The van der Waals surface area contributed by atoms with Crippen molar-refractivity contribution in [1.29, 1.82) is 0 Å². The molecule has 0 aliphatic carbocycles. The second kappa shape index (κ2) is 6.76. The lowest BCUT2D eigenvalue weighted by molar-refractivity contribution is -0.121. The smallest absolute Gasteiger partial charge is 0.330 e. The highest BCUT2D eigenvalue weighted by Crippen LogP contribution is 2.27. The van der Waals surface area contributed by atoms with Crippen LogP contribution in [0.5, 0.6) is 0 Å². The Morgan fingerprint density at radius 1 is 1.64 bits per heavy atom. The number of aromatic amines is 1.